The zero-order valence-corrected chi connectivity index (χ0v) is 23.6. The molecule has 0 bridgehead atoms. The van der Waals surface area contributed by atoms with E-state index in [1.54, 1.807) is 13.8 Å². The number of rotatable bonds is 10. The highest BCUT2D eigenvalue weighted by atomic mass is 16.2. The highest BCUT2D eigenvalue weighted by Crippen LogP contribution is 2.39. The molecule has 1 saturated heterocycles. The van der Waals surface area contributed by atoms with Crippen LogP contribution in [0.3, 0.4) is 0 Å². The summed E-state index contributed by atoms with van der Waals surface area (Å²) in [7, 11) is 3.88. The number of likely N-dealkylation sites (tertiary alicyclic amines) is 1. The van der Waals surface area contributed by atoms with Crippen LogP contribution in [-0.4, -0.2) is 65.5 Å². The Labute approximate surface area is 231 Å². The van der Waals surface area contributed by atoms with E-state index in [4.69, 9.17) is 5.73 Å². The van der Waals surface area contributed by atoms with E-state index < -0.39 is 11.6 Å². The average Bonchev–Trinajstić information content (AvgIpc) is 3.30. The molecular formula is C31H42N6O2. The van der Waals surface area contributed by atoms with Gasteiger partial charge in [0.25, 0.3) is 0 Å². The number of para-hydroxylation sites is 1. The first kappa shape index (κ1) is 28.4. The summed E-state index contributed by atoms with van der Waals surface area (Å²) in [4.78, 5) is 32.4. The van der Waals surface area contributed by atoms with E-state index >= 15 is 0 Å². The maximum Gasteiger partial charge on any atom is 0.245 e. The van der Waals surface area contributed by atoms with Gasteiger partial charge < -0.3 is 26.4 Å². The highest BCUT2D eigenvalue weighted by Gasteiger charge is 2.42. The van der Waals surface area contributed by atoms with Crippen molar-refractivity contribution in [1.82, 2.24) is 25.6 Å². The minimum atomic E-state index is -1.11. The van der Waals surface area contributed by atoms with Gasteiger partial charge in [0.1, 0.15) is 6.04 Å². The Kier molecular flexibility index (Phi) is 8.47. The van der Waals surface area contributed by atoms with Crippen LogP contribution in [0.4, 0.5) is 0 Å². The van der Waals surface area contributed by atoms with Gasteiger partial charge in [0.2, 0.25) is 11.8 Å². The van der Waals surface area contributed by atoms with Crippen LogP contribution < -0.4 is 16.5 Å². The van der Waals surface area contributed by atoms with E-state index in [1.165, 1.54) is 5.56 Å². The van der Waals surface area contributed by atoms with Crippen molar-refractivity contribution in [2.45, 2.75) is 51.1 Å². The summed E-state index contributed by atoms with van der Waals surface area (Å²) in [6.45, 7) is 8.85. The summed E-state index contributed by atoms with van der Waals surface area (Å²) in [6, 6.07) is 17.6. The lowest BCUT2D eigenvalue weighted by Gasteiger charge is -2.46. The molecule has 2 atom stereocenters. The number of aromatic nitrogens is 1. The molecule has 1 aliphatic heterocycles. The molecule has 1 aromatic heterocycles. The predicted molar refractivity (Wildman–Crippen MR) is 157 cm³/mol. The molecule has 1 aliphatic rings. The van der Waals surface area contributed by atoms with Gasteiger partial charge in [0.05, 0.1) is 5.54 Å². The molecule has 208 valence electrons. The molecule has 0 spiro atoms. The van der Waals surface area contributed by atoms with Crippen LogP contribution in [0.25, 0.3) is 10.9 Å². The van der Waals surface area contributed by atoms with Crippen molar-refractivity contribution in [3.05, 3.63) is 84.2 Å². The molecule has 0 radical (unpaired) electrons. The van der Waals surface area contributed by atoms with Crippen LogP contribution in [0, 0.1) is 5.41 Å². The van der Waals surface area contributed by atoms with Gasteiger partial charge in [-0.25, -0.2) is 5.01 Å². The molecule has 0 aliphatic carbocycles. The van der Waals surface area contributed by atoms with Crippen molar-refractivity contribution in [3.63, 3.8) is 0 Å². The standard InChI is InChI=1S/C31H42N6O2/c1-22(35-36(4)5)31(19-23-12-7-6-8-13-23)16-11-17-37(21-31)28(38)27(34-29(39)30(2,3)32)18-24-20-33-26-15-10-9-14-25(24)26/h6-10,12-15,20,27,33,35H,1,11,16-19,21,32H2,2-5H3,(H,34,39). The molecule has 2 amide bonds. The fourth-order valence-corrected chi connectivity index (χ4v) is 5.48. The van der Waals surface area contributed by atoms with Crippen LogP contribution in [0.1, 0.15) is 37.8 Å². The van der Waals surface area contributed by atoms with Crippen LogP contribution in [0.15, 0.2) is 73.1 Å². The molecule has 39 heavy (non-hydrogen) atoms. The van der Waals surface area contributed by atoms with Gasteiger partial charge in [-0.05, 0) is 50.3 Å². The van der Waals surface area contributed by atoms with Gasteiger partial charge in [-0.1, -0.05) is 55.1 Å². The Morgan fingerprint density at radius 1 is 1.15 bits per heavy atom. The first-order valence-electron chi connectivity index (χ1n) is 13.6. The number of H-pyrrole nitrogens is 1. The summed E-state index contributed by atoms with van der Waals surface area (Å²) in [5, 5.41) is 5.91. The summed E-state index contributed by atoms with van der Waals surface area (Å²) in [5.41, 5.74) is 12.1. The lowest BCUT2D eigenvalue weighted by molar-refractivity contribution is -0.139. The lowest BCUT2D eigenvalue weighted by atomic mass is 9.72. The second-order valence-electron chi connectivity index (χ2n) is 11.6. The molecule has 2 unspecified atom stereocenters. The van der Waals surface area contributed by atoms with Crippen molar-refractivity contribution in [2.75, 3.05) is 27.2 Å². The Hall–Kier alpha value is -3.62. The molecule has 5 N–H and O–H groups in total. The fraction of sp³-hybridized carbons (Fsp3) is 0.419. The Balaban J connectivity index is 1.64. The van der Waals surface area contributed by atoms with E-state index in [2.05, 4.69) is 34.4 Å². The monoisotopic (exact) mass is 530 g/mol. The molecule has 1 fully saturated rings. The third-order valence-corrected chi connectivity index (χ3v) is 7.56. The third kappa shape index (κ3) is 6.69. The first-order chi connectivity index (χ1) is 18.5. The number of hydrogen-bond donors (Lipinski definition) is 4. The number of carbonyl (C=O) groups excluding carboxylic acids is 2. The largest absolute Gasteiger partial charge is 0.361 e. The molecule has 8 heteroatoms. The maximum absolute atomic E-state index is 14.2. The minimum absolute atomic E-state index is 0.104. The van der Waals surface area contributed by atoms with Crippen molar-refractivity contribution in [3.8, 4) is 0 Å². The van der Waals surface area contributed by atoms with Gasteiger partial charge in [-0.15, -0.1) is 0 Å². The minimum Gasteiger partial charge on any atom is -0.361 e. The summed E-state index contributed by atoms with van der Waals surface area (Å²) < 4.78 is 0. The molecule has 2 heterocycles. The summed E-state index contributed by atoms with van der Waals surface area (Å²) in [6.07, 6.45) is 4.78. The molecular weight excluding hydrogens is 488 g/mol. The van der Waals surface area contributed by atoms with Gasteiger partial charge in [-0.2, -0.15) is 0 Å². The number of carbonyl (C=O) groups is 2. The second kappa shape index (κ2) is 11.6. The third-order valence-electron chi connectivity index (χ3n) is 7.56. The van der Waals surface area contributed by atoms with Gasteiger partial charge >= 0.3 is 0 Å². The molecule has 3 aromatic rings. The Bertz CT molecular complexity index is 1310. The number of hydrogen-bond acceptors (Lipinski definition) is 5. The number of fused-ring (bicyclic) bond motifs is 1. The van der Waals surface area contributed by atoms with E-state index in [0.29, 0.717) is 19.5 Å². The lowest BCUT2D eigenvalue weighted by Crippen LogP contribution is -2.59. The highest BCUT2D eigenvalue weighted by molar-refractivity contribution is 5.92. The smallest absolute Gasteiger partial charge is 0.245 e. The van der Waals surface area contributed by atoms with Gasteiger partial charge in [-0.3, -0.25) is 9.59 Å². The Morgan fingerprint density at radius 2 is 1.85 bits per heavy atom. The summed E-state index contributed by atoms with van der Waals surface area (Å²) in [5.74, 6) is -0.459. The SMILES string of the molecule is C=C(NN(C)C)C1(Cc2ccccc2)CCCN(C(=O)C(Cc2c[nH]c3ccccc23)NC(=O)C(C)(C)N)C1. The number of nitrogens with two attached hydrogens (primary N) is 1. The van der Waals surface area contributed by atoms with E-state index in [-0.39, 0.29) is 17.2 Å². The quantitative estimate of drug-likeness (QED) is 0.301. The maximum atomic E-state index is 14.2. The van der Waals surface area contributed by atoms with Gasteiger partial charge in [0, 0.05) is 61.8 Å². The number of piperidine rings is 1. The van der Waals surface area contributed by atoms with Crippen molar-refractivity contribution in [2.24, 2.45) is 11.1 Å². The van der Waals surface area contributed by atoms with E-state index in [0.717, 1.165) is 41.4 Å². The normalized spacial score (nSPS) is 18.7. The zero-order valence-electron chi connectivity index (χ0n) is 23.6. The average molecular weight is 531 g/mol. The molecule has 0 saturated carbocycles. The van der Waals surface area contributed by atoms with Crippen molar-refractivity contribution < 1.29 is 9.59 Å². The fourth-order valence-electron chi connectivity index (χ4n) is 5.48. The van der Waals surface area contributed by atoms with Crippen LogP contribution in [-0.2, 0) is 22.4 Å². The van der Waals surface area contributed by atoms with E-state index in [1.807, 2.05) is 72.7 Å². The molecule has 8 nitrogen and oxygen atoms in total. The second-order valence-corrected chi connectivity index (χ2v) is 11.6. The molecule has 4 rings (SSSR count). The zero-order chi connectivity index (χ0) is 28.2. The number of hydrazine groups is 1. The number of benzene rings is 2. The molecule has 2 aromatic carbocycles. The van der Waals surface area contributed by atoms with Crippen LogP contribution in [0.5, 0.6) is 0 Å². The number of nitrogens with zero attached hydrogens (tertiary/aromatic N) is 2. The predicted octanol–water partition coefficient (Wildman–Crippen LogP) is 3.36. The van der Waals surface area contributed by atoms with Gasteiger partial charge in [0.15, 0.2) is 0 Å². The van der Waals surface area contributed by atoms with Crippen molar-refractivity contribution in [1.29, 1.82) is 0 Å². The number of aromatic amines is 1. The van der Waals surface area contributed by atoms with Crippen LogP contribution >= 0.6 is 0 Å². The van der Waals surface area contributed by atoms with E-state index in [9.17, 15) is 9.59 Å². The first-order valence-corrected chi connectivity index (χ1v) is 13.6. The topological polar surface area (TPSA) is 106 Å². The van der Waals surface area contributed by atoms with Crippen molar-refractivity contribution >= 4 is 22.7 Å². The Morgan fingerprint density at radius 3 is 2.54 bits per heavy atom. The van der Waals surface area contributed by atoms with Crippen LogP contribution in [0.2, 0.25) is 0 Å². The number of nitrogens with one attached hydrogen (secondary N) is 3. The number of amides is 2. The summed E-state index contributed by atoms with van der Waals surface area (Å²) >= 11 is 0.